The summed E-state index contributed by atoms with van der Waals surface area (Å²) in [5.41, 5.74) is 0.525. The zero-order valence-corrected chi connectivity index (χ0v) is 13.9. The number of halogens is 1. The molecule has 3 nitrogen and oxygen atoms in total. The third-order valence-corrected chi connectivity index (χ3v) is 4.86. The first-order valence-electron chi connectivity index (χ1n) is 7.24. The molecular weight excluding hydrogens is 332 g/mol. The van der Waals surface area contributed by atoms with Gasteiger partial charge in [-0.3, -0.25) is 4.79 Å². The molecule has 0 unspecified atom stereocenters. The second-order valence-electron chi connectivity index (χ2n) is 5.02. The van der Waals surface area contributed by atoms with E-state index in [1.807, 2.05) is 24.3 Å². The molecule has 0 radical (unpaired) electrons. The summed E-state index contributed by atoms with van der Waals surface area (Å²) in [4.78, 5) is 13.0. The summed E-state index contributed by atoms with van der Waals surface area (Å²) in [6.07, 6.45) is 0.776. The predicted octanol–water partition coefficient (Wildman–Crippen LogP) is 4.85. The Kier molecular flexibility index (Phi) is 4.84. The molecule has 1 N–H and O–H groups in total. The summed E-state index contributed by atoms with van der Waals surface area (Å²) in [5.74, 6) is 1.13. The van der Waals surface area contributed by atoms with Crippen LogP contribution in [0.25, 0.3) is 10.1 Å². The minimum Gasteiger partial charge on any atom is -0.506 e. The Morgan fingerprint density at radius 2 is 1.87 bits per heavy atom. The quantitative estimate of drug-likeness (QED) is 0.394. The number of ether oxygens (including phenoxy) is 1. The van der Waals surface area contributed by atoms with Gasteiger partial charge in [-0.2, -0.15) is 0 Å². The number of ketones is 1. The zero-order valence-electron chi connectivity index (χ0n) is 12.3. The van der Waals surface area contributed by atoms with Crippen molar-refractivity contribution in [3.05, 3.63) is 59.0 Å². The second-order valence-corrected chi connectivity index (χ2v) is 6.45. The van der Waals surface area contributed by atoms with Gasteiger partial charge in [-0.25, -0.2) is 0 Å². The molecule has 0 fully saturated rings. The fraction of sp³-hybridized carbons (Fsp3) is 0.167. The lowest BCUT2D eigenvalue weighted by Crippen LogP contribution is -2.00. The van der Waals surface area contributed by atoms with E-state index in [2.05, 4.69) is 0 Å². The topological polar surface area (TPSA) is 46.5 Å². The van der Waals surface area contributed by atoms with Gasteiger partial charge >= 0.3 is 0 Å². The van der Waals surface area contributed by atoms with Gasteiger partial charge in [-0.1, -0.05) is 12.1 Å². The molecule has 0 bridgehead atoms. The Hall–Kier alpha value is -2.04. The number of hydrogen-bond donors (Lipinski definition) is 1. The summed E-state index contributed by atoms with van der Waals surface area (Å²) in [5, 5.41) is 11.0. The van der Waals surface area contributed by atoms with Crippen molar-refractivity contribution in [3.8, 4) is 11.5 Å². The Labute approximate surface area is 143 Å². The summed E-state index contributed by atoms with van der Waals surface area (Å²) < 4.78 is 6.41. The highest BCUT2D eigenvalue weighted by atomic mass is 35.5. The molecule has 118 valence electrons. The van der Waals surface area contributed by atoms with E-state index in [9.17, 15) is 9.90 Å². The molecule has 0 aliphatic carbocycles. The van der Waals surface area contributed by atoms with E-state index in [0.29, 0.717) is 34.1 Å². The van der Waals surface area contributed by atoms with Gasteiger partial charge in [-0.05, 0) is 42.8 Å². The molecule has 5 heteroatoms. The molecule has 23 heavy (non-hydrogen) atoms. The molecular formula is C18H15ClO3S. The standard InChI is InChI=1S/C18H15ClO3S/c19-10-3-11-22-13-8-6-12(7-9-13)16(20)18-17(21)14-4-1-2-5-15(14)23-18/h1-2,4-9,21H,3,10-11H2. The van der Waals surface area contributed by atoms with E-state index in [1.165, 1.54) is 11.3 Å². The van der Waals surface area contributed by atoms with Crippen LogP contribution >= 0.6 is 22.9 Å². The first-order valence-corrected chi connectivity index (χ1v) is 8.60. The van der Waals surface area contributed by atoms with Crippen molar-refractivity contribution >= 4 is 38.8 Å². The van der Waals surface area contributed by atoms with E-state index < -0.39 is 0 Å². The number of hydrogen-bond acceptors (Lipinski definition) is 4. The first kappa shape index (κ1) is 15.8. The maximum absolute atomic E-state index is 12.6. The summed E-state index contributed by atoms with van der Waals surface area (Å²) in [6.45, 7) is 0.549. The lowest BCUT2D eigenvalue weighted by molar-refractivity contribution is 0.104. The van der Waals surface area contributed by atoms with Crippen molar-refractivity contribution in [2.24, 2.45) is 0 Å². The first-order chi connectivity index (χ1) is 11.2. The van der Waals surface area contributed by atoms with Gasteiger partial charge in [0.2, 0.25) is 5.78 Å². The van der Waals surface area contributed by atoms with Gasteiger partial charge in [0.25, 0.3) is 0 Å². The summed E-state index contributed by atoms with van der Waals surface area (Å²) >= 11 is 6.91. The smallest absolute Gasteiger partial charge is 0.206 e. The van der Waals surface area contributed by atoms with E-state index in [0.717, 1.165) is 11.1 Å². The highest BCUT2D eigenvalue weighted by molar-refractivity contribution is 7.21. The van der Waals surface area contributed by atoms with Gasteiger partial charge in [0.05, 0.1) is 6.61 Å². The molecule has 3 aromatic rings. The molecule has 1 aromatic heterocycles. The minimum absolute atomic E-state index is 0.0537. The van der Waals surface area contributed by atoms with Crippen LogP contribution in [0.15, 0.2) is 48.5 Å². The number of rotatable bonds is 6. The van der Waals surface area contributed by atoms with Crippen LogP contribution in [0.5, 0.6) is 11.5 Å². The predicted molar refractivity (Wildman–Crippen MR) is 94.2 cm³/mol. The number of fused-ring (bicyclic) bond motifs is 1. The fourth-order valence-corrected chi connectivity index (χ4v) is 3.43. The van der Waals surface area contributed by atoms with Crippen LogP contribution in [0, 0.1) is 0 Å². The molecule has 3 rings (SSSR count). The summed E-state index contributed by atoms with van der Waals surface area (Å²) in [7, 11) is 0. The van der Waals surface area contributed by atoms with Crippen molar-refractivity contribution in [1.29, 1.82) is 0 Å². The number of thiophene rings is 1. The number of carbonyl (C=O) groups excluding carboxylic acids is 1. The van der Waals surface area contributed by atoms with Crippen LogP contribution in [0.4, 0.5) is 0 Å². The molecule has 0 spiro atoms. The number of carbonyl (C=O) groups is 1. The van der Waals surface area contributed by atoms with Gasteiger partial charge in [-0.15, -0.1) is 22.9 Å². The normalized spacial score (nSPS) is 10.8. The molecule has 0 aliphatic rings. The van der Waals surface area contributed by atoms with E-state index in [1.54, 1.807) is 24.3 Å². The highest BCUT2D eigenvalue weighted by Crippen LogP contribution is 2.37. The van der Waals surface area contributed by atoms with Crippen LogP contribution in [0.2, 0.25) is 0 Å². The number of benzene rings is 2. The molecule has 1 heterocycles. The lowest BCUT2D eigenvalue weighted by atomic mass is 10.1. The molecule has 0 atom stereocenters. The van der Waals surface area contributed by atoms with Crippen molar-refractivity contribution in [3.63, 3.8) is 0 Å². The fourth-order valence-electron chi connectivity index (χ4n) is 2.26. The second kappa shape index (κ2) is 7.02. The average molecular weight is 347 g/mol. The van der Waals surface area contributed by atoms with E-state index in [-0.39, 0.29) is 11.5 Å². The van der Waals surface area contributed by atoms with Gasteiger partial charge < -0.3 is 9.84 Å². The van der Waals surface area contributed by atoms with Crippen LogP contribution in [-0.4, -0.2) is 23.4 Å². The largest absolute Gasteiger partial charge is 0.506 e. The Balaban J connectivity index is 1.83. The van der Waals surface area contributed by atoms with Crippen molar-refractivity contribution in [1.82, 2.24) is 0 Å². The Morgan fingerprint density at radius 1 is 1.13 bits per heavy atom. The van der Waals surface area contributed by atoms with Crippen LogP contribution < -0.4 is 4.74 Å². The van der Waals surface area contributed by atoms with Crippen molar-refractivity contribution < 1.29 is 14.6 Å². The van der Waals surface area contributed by atoms with E-state index >= 15 is 0 Å². The SMILES string of the molecule is O=C(c1ccc(OCCCCl)cc1)c1sc2ccccc2c1O. The maximum Gasteiger partial charge on any atom is 0.206 e. The lowest BCUT2D eigenvalue weighted by Gasteiger charge is -2.05. The van der Waals surface area contributed by atoms with Crippen LogP contribution in [0.3, 0.4) is 0 Å². The minimum atomic E-state index is -0.184. The van der Waals surface area contributed by atoms with Gasteiger partial charge in [0, 0.05) is 21.5 Å². The summed E-state index contributed by atoms with van der Waals surface area (Å²) in [6, 6.07) is 14.4. The third kappa shape index (κ3) is 3.33. The van der Waals surface area contributed by atoms with Crippen molar-refractivity contribution in [2.45, 2.75) is 6.42 Å². The highest BCUT2D eigenvalue weighted by Gasteiger charge is 2.19. The van der Waals surface area contributed by atoms with Gasteiger partial charge in [0.15, 0.2) is 0 Å². The monoisotopic (exact) mass is 346 g/mol. The Bertz CT molecular complexity index is 824. The maximum atomic E-state index is 12.6. The molecule has 2 aromatic carbocycles. The average Bonchev–Trinajstić information content (AvgIpc) is 2.92. The molecule has 0 saturated heterocycles. The number of aromatic hydroxyl groups is 1. The molecule has 0 aliphatic heterocycles. The van der Waals surface area contributed by atoms with Gasteiger partial charge in [0.1, 0.15) is 16.4 Å². The Morgan fingerprint density at radius 3 is 2.57 bits per heavy atom. The molecule has 0 saturated carbocycles. The van der Waals surface area contributed by atoms with Crippen LogP contribution in [0.1, 0.15) is 21.7 Å². The zero-order chi connectivity index (χ0) is 16.2. The molecule has 0 amide bonds. The van der Waals surface area contributed by atoms with Crippen LogP contribution in [-0.2, 0) is 0 Å². The third-order valence-electron chi connectivity index (χ3n) is 3.44. The van der Waals surface area contributed by atoms with Crippen molar-refractivity contribution in [2.75, 3.05) is 12.5 Å². The number of alkyl halides is 1. The van der Waals surface area contributed by atoms with E-state index in [4.69, 9.17) is 16.3 Å².